The summed E-state index contributed by atoms with van der Waals surface area (Å²) in [5.74, 6) is -0.161. The molecular formula is C16H21NO3S. The Morgan fingerprint density at radius 3 is 2.48 bits per heavy atom. The monoisotopic (exact) mass is 307 g/mol. The molecule has 1 aromatic carbocycles. The first-order chi connectivity index (χ1) is 9.97. The van der Waals surface area contributed by atoms with Crippen LogP contribution in [-0.2, 0) is 9.84 Å². The van der Waals surface area contributed by atoms with Crippen molar-refractivity contribution < 1.29 is 13.2 Å². The molecule has 0 heterocycles. The fraction of sp³-hybridized carbons (Fsp3) is 0.438. The molecule has 1 amide bonds. The number of amides is 1. The maximum absolute atomic E-state index is 12.0. The largest absolute Gasteiger partial charge is 0.352 e. The van der Waals surface area contributed by atoms with E-state index in [0.29, 0.717) is 12.1 Å². The molecule has 0 radical (unpaired) electrons. The fourth-order valence-electron chi connectivity index (χ4n) is 2.42. The fourth-order valence-corrected chi connectivity index (χ4v) is 3.05. The van der Waals surface area contributed by atoms with Gasteiger partial charge in [0.15, 0.2) is 9.84 Å². The molecule has 1 aliphatic rings. The standard InChI is InChI=1S/C16H21NO3S/c1-21(19,20)15-9-7-14(8-10-15)16(18)17-12-11-13-5-3-2-4-6-13/h5,7-10H,2-4,6,11-12H2,1H3,(H,17,18). The van der Waals surface area contributed by atoms with E-state index in [1.54, 1.807) is 12.1 Å². The van der Waals surface area contributed by atoms with Crippen molar-refractivity contribution in [3.8, 4) is 0 Å². The highest BCUT2D eigenvalue weighted by Crippen LogP contribution is 2.19. The highest BCUT2D eigenvalue weighted by molar-refractivity contribution is 7.90. The lowest BCUT2D eigenvalue weighted by Crippen LogP contribution is -2.24. The van der Waals surface area contributed by atoms with E-state index in [0.717, 1.165) is 25.5 Å². The van der Waals surface area contributed by atoms with Crippen molar-refractivity contribution in [3.63, 3.8) is 0 Å². The number of allylic oxidation sites excluding steroid dienone is 1. The van der Waals surface area contributed by atoms with Crippen molar-refractivity contribution >= 4 is 15.7 Å². The Morgan fingerprint density at radius 1 is 1.19 bits per heavy atom. The van der Waals surface area contributed by atoms with Crippen molar-refractivity contribution in [2.75, 3.05) is 12.8 Å². The molecule has 1 N–H and O–H groups in total. The number of nitrogens with one attached hydrogen (secondary N) is 1. The van der Waals surface area contributed by atoms with E-state index < -0.39 is 9.84 Å². The first-order valence-electron chi connectivity index (χ1n) is 7.23. The Balaban J connectivity index is 1.87. The molecule has 0 saturated carbocycles. The molecule has 0 aromatic heterocycles. The van der Waals surface area contributed by atoms with E-state index in [2.05, 4.69) is 11.4 Å². The summed E-state index contributed by atoms with van der Waals surface area (Å²) in [4.78, 5) is 12.2. The second-order valence-electron chi connectivity index (χ2n) is 5.41. The number of carbonyl (C=O) groups is 1. The van der Waals surface area contributed by atoms with Crippen molar-refractivity contribution in [2.24, 2.45) is 0 Å². The van der Waals surface area contributed by atoms with Crippen LogP contribution in [0.3, 0.4) is 0 Å². The first-order valence-corrected chi connectivity index (χ1v) is 9.12. The molecule has 0 saturated heterocycles. The molecule has 0 bridgehead atoms. The lowest BCUT2D eigenvalue weighted by atomic mass is 9.97. The van der Waals surface area contributed by atoms with Crippen LogP contribution in [-0.4, -0.2) is 27.1 Å². The van der Waals surface area contributed by atoms with Crippen LogP contribution >= 0.6 is 0 Å². The zero-order valence-electron chi connectivity index (χ0n) is 12.3. The summed E-state index contributed by atoms with van der Waals surface area (Å²) >= 11 is 0. The Labute approximate surface area is 126 Å². The second kappa shape index (κ2) is 6.89. The zero-order chi connectivity index (χ0) is 15.3. The molecule has 0 spiro atoms. The molecule has 1 aliphatic carbocycles. The predicted octanol–water partition coefficient (Wildman–Crippen LogP) is 2.71. The van der Waals surface area contributed by atoms with Gasteiger partial charge in [-0.2, -0.15) is 0 Å². The molecule has 0 fully saturated rings. The van der Waals surface area contributed by atoms with Gasteiger partial charge in [0.1, 0.15) is 0 Å². The van der Waals surface area contributed by atoms with E-state index in [1.807, 2.05) is 0 Å². The maximum atomic E-state index is 12.0. The van der Waals surface area contributed by atoms with Crippen molar-refractivity contribution in [1.29, 1.82) is 0 Å². The molecular weight excluding hydrogens is 286 g/mol. The van der Waals surface area contributed by atoms with Gasteiger partial charge in [0.2, 0.25) is 0 Å². The van der Waals surface area contributed by atoms with Crippen LogP contribution in [0.25, 0.3) is 0 Å². The van der Waals surface area contributed by atoms with Crippen LogP contribution in [0.1, 0.15) is 42.5 Å². The van der Waals surface area contributed by atoms with Gasteiger partial charge in [-0.05, 0) is 56.4 Å². The minimum atomic E-state index is -3.22. The zero-order valence-corrected chi connectivity index (χ0v) is 13.1. The summed E-state index contributed by atoms with van der Waals surface area (Å²) in [6.07, 6.45) is 9.12. The third-order valence-electron chi connectivity index (χ3n) is 3.66. The van der Waals surface area contributed by atoms with Crippen LogP contribution in [0.4, 0.5) is 0 Å². The van der Waals surface area contributed by atoms with Crippen molar-refractivity contribution in [1.82, 2.24) is 5.32 Å². The molecule has 21 heavy (non-hydrogen) atoms. The number of rotatable bonds is 5. The van der Waals surface area contributed by atoms with E-state index in [-0.39, 0.29) is 10.8 Å². The van der Waals surface area contributed by atoms with Gasteiger partial charge in [0, 0.05) is 18.4 Å². The molecule has 0 unspecified atom stereocenters. The number of benzene rings is 1. The number of hydrogen-bond acceptors (Lipinski definition) is 3. The van der Waals surface area contributed by atoms with Crippen LogP contribution in [0.15, 0.2) is 40.8 Å². The van der Waals surface area contributed by atoms with Gasteiger partial charge in [-0.3, -0.25) is 4.79 Å². The molecule has 0 atom stereocenters. The van der Waals surface area contributed by atoms with E-state index in [9.17, 15) is 13.2 Å². The van der Waals surface area contributed by atoms with Gasteiger partial charge < -0.3 is 5.32 Å². The summed E-state index contributed by atoms with van der Waals surface area (Å²) < 4.78 is 22.7. The molecule has 4 nitrogen and oxygen atoms in total. The van der Waals surface area contributed by atoms with Crippen LogP contribution in [0, 0.1) is 0 Å². The Morgan fingerprint density at radius 2 is 1.90 bits per heavy atom. The molecule has 2 rings (SSSR count). The number of carbonyl (C=O) groups excluding carboxylic acids is 1. The van der Waals surface area contributed by atoms with Crippen molar-refractivity contribution in [3.05, 3.63) is 41.5 Å². The summed E-state index contributed by atoms with van der Waals surface area (Å²) in [5, 5.41) is 2.88. The number of hydrogen-bond donors (Lipinski definition) is 1. The van der Waals surface area contributed by atoms with E-state index >= 15 is 0 Å². The molecule has 114 valence electrons. The average molecular weight is 307 g/mol. The Hall–Kier alpha value is -1.62. The van der Waals surface area contributed by atoms with E-state index in [1.165, 1.54) is 30.5 Å². The summed E-state index contributed by atoms with van der Waals surface area (Å²) in [6, 6.07) is 6.03. The molecule has 0 aliphatic heterocycles. The Bertz CT molecular complexity index is 630. The summed E-state index contributed by atoms with van der Waals surface area (Å²) in [5.41, 5.74) is 1.91. The summed E-state index contributed by atoms with van der Waals surface area (Å²) in [7, 11) is -3.22. The lowest BCUT2D eigenvalue weighted by Gasteiger charge is -2.13. The molecule has 1 aromatic rings. The maximum Gasteiger partial charge on any atom is 0.251 e. The SMILES string of the molecule is CS(=O)(=O)c1ccc(C(=O)NCCC2=CCCCC2)cc1. The second-order valence-corrected chi connectivity index (χ2v) is 7.43. The lowest BCUT2D eigenvalue weighted by molar-refractivity contribution is 0.0954. The van der Waals surface area contributed by atoms with Crippen LogP contribution in [0.5, 0.6) is 0 Å². The minimum Gasteiger partial charge on any atom is -0.352 e. The average Bonchev–Trinajstić information content (AvgIpc) is 2.47. The van der Waals surface area contributed by atoms with Gasteiger partial charge in [0.25, 0.3) is 5.91 Å². The third kappa shape index (κ3) is 4.70. The van der Waals surface area contributed by atoms with Crippen LogP contribution in [0.2, 0.25) is 0 Å². The summed E-state index contributed by atoms with van der Waals surface area (Å²) in [6.45, 7) is 0.624. The molecule has 5 heteroatoms. The topological polar surface area (TPSA) is 63.2 Å². The Kier molecular flexibility index (Phi) is 5.17. The third-order valence-corrected chi connectivity index (χ3v) is 4.79. The normalized spacial score (nSPS) is 15.4. The van der Waals surface area contributed by atoms with Crippen molar-refractivity contribution in [2.45, 2.75) is 37.0 Å². The van der Waals surface area contributed by atoms with Gasteiger partial charge in [-0.15, -0.1) is 0 Å². The minimum absolute atomic E-state index is 0.161. The smallest absolute Gasteiger partial charge is 0.251 e. The number of sulfone groups is 1. The highest BCUT2D eigenvalue weighted by Gasteiger charge is 2.10. The van der Waals surface area contributed by atoms with Gasteiger partial charge >= 0.3 is 0 Å². The van der Waals surface area contributed by atoms with E-state index in [4.69, 9.17) is 0 Å². The van der Waals surface area contributed by atoms with Crippen LogP contribution < -0.4 is 5.32 Å². The quantitative estimate of drug-likeness (QED) is 0.851. The van der Waals surface area contributed by atoms with Gasteiger partial charge in [-0.25, -0.2) is 8.42 Å². The van der Waals surface area contributed by atoms with Gasteiger partial charge in [0.05, 0.1) is 4.90 Å². The highest BCUT2D eigenvalue weighted by atomic mass is 32.2. The first kappa shape index (κ1) is 15.8. The predicted molar refractivity (Wildman–Crippen MR) is 83.1 cm³/mol. The van der Waals surface area contributed by atoms with Gasteiger partial charge in [-0.1, -0.05) is 11.6 Å².